The van der Waals surface area contributed by atoms with Crippen molar-refractivity contribution in [1.29, 1.82) is 5.26 Å². The Balaban J connectivity index is 1.56. The normalized spacial score (nSPS) is 45.1. The standard InChI is InChI=1S/C24H35N3O2/c1-5-22(2,14-25)27-21(29)18-8-7-16-15-6-9-19-24(4,13-11-20(28)26-19)17(15)10-12-23(16,18)3/h11,13,15-19H,5-10,12H2,1-4H3,(H,26,28)(H,27,29)/t15-,16-,17+,18?,19?,22?,23-,24+/m0/s1. The first-order valence-corrected chi connectivity index (χ1v) is 11.4. The van der Waals surface area contributed by atoms with Gasteiger partial charge in [0.25, 0.3) is 0 Å². The van der Waals surface area contributed by atoms with Gasteiger partial charge in [0.1, 0.15) is 5.54 Å². The summed E-state index contributed by atoms with van der Waals surface area (Å²) in [6.07, 6.45) is 10.9. The molecule has 2 N–H and O–H groups in total. The molecule has 0 aromatic rings. The molecule has 2 amide bonds. The Kier molecular flexibility index (Phi) is 4.83. The molecule has 4 rings (SSSR count). The van der Waals surface area contributed by atoms with Crippen molar-refractivity contribution in [1.82, 2.24) is 10.6 Å². The van der Waals surface area contributed by atoms with Gasteiger partial charge in [-0.05, 0) is 81.1 Å². The molecule has 5 nitrogen and oxygen atoms in total. The van der Waals surface area contributed by atoms with Crippen LogP contribution in [-0.4, -0.2) is 23.4 Å². The highest BCUT2D eigenvalue weighted by molar-refractivity contribution is 5.89. The number of amides is 2. The molecule has 3 fully saturated rings. The maximum absolute atomic E-state index is 13.2. The van der Waals surface area contributed by atoms with Crippen molar-refractivity contribution in [3.63, 3.8) is 0 Å². The molecule has 29 heavy (non-hydrogen) atoms. The molecule has 1 aliphatic heterocycles. The summed E-state index contributed by atoms with van der Waals surface area (Å²) >= 11 is 0. The molecule has 0 radical (unpaired) electrons. The van der Waals surface area contributed by atoms with Gasteiger partial charge in [0.15, 0.2) is 0 Å². The number of fused-ring (bicyclic) bond motifs is 5. The Hall–Kier alpha value is -1.83. The molecule has 3 unspecified atom stereocenters. The predicted octanol–water partition coefficient (Wildman–Crippen LogP) is 3.71. The molecule has 3 saturated carbocycles. The quantitative estimate of drug-likeness (QED) is 0.762. The van der Waals surface area contributed by atoms with Crippen LogP contribution >= 0.6 is 0 Å². The van der Waals surface area contributed by atoms with Crippen LogP contribution in [0.15, 0.2) is 12.2 Å². The minimum atomic E-state index is -0.778. The second-order valence-corrected chi connectivity index (χ2v) is 10.7. The zero-order valence-electron chi connectivity index (χ0n) is 18.3. The van der Waals surface area contributed by atoms with Crippen LogP contribution < -0.4 is 10.6 Å². The van der Waals surface area contributed by atoms with Gasteiger partial charge in [-0.15, -0.1) is 0 Å². The van der Waals surface area contributed by atoms with Crippen LogP contribution in [0.25, 0.3) is 0 Å². The summed E-state index contributed by atoms with van der Waals surface area (Å²) in [7, 11) is 0. The van der Waals surface area contributed by atoms with E-state index in [4.69, 9.17) is 0 Å². The molecule has 0 aromatic carbocycles. The van der Waals surface area contributed by atoms with Crippen molar-refractivity contribution in [3.05, 3.63) is 12.2 Å². The number of nitriles is 1. The van der Waals surface area contributed by atoms with Gasteiger partial charge in [0.05, 0.1) is 6.07 Å². The topological polar surface area (TPSA) is 82.0 Å². The van der Waals surface area contributed by atoms with Gasteiger partial charge in [-0.3, -0.25) is 9.59 Å². The zero-order valence-corrected chi connectivity index (χ0v) is 18.3. The van der Waals surface area contributed by atoms with E-state index in [9.17, 15) is 14.9 Å². The molecule has 0 aromatic heterocycles. The smallest absolute Gasteiger partial charge is 0.243 e. The minimum Gasteiger partial charge on any atom is -0.349 e. The summed E-state index contributed by atoms with van der Waals surface area (Å²) in [5.41, 5.74) is -0.736. The van der Waals surface area contributed by atoms with Gasteiger partial charge in [0, 0.05) is 17.4 Å². The molecule has 158 valence electrons. The number of hydrogen-bond acceptors (Lipinski definition) is 3. The van der Waals surface area contributed by atoms with Crippen molar-refractivity contribution >= 4 is 11.8 Å². The maximum atomic E-state index is 13.2. The van der Waals surface area contributed by atoms with Crippen LogP contribution in [0.5, 0.6) is 0 Å². The number of nitrogens with zero attached hydrogens (tertiary/aromatic N) is 1. The molecule has 4 aliphatic rings. The molecule has 8 atom stereocenters. The second kappa shape index (κ2) is 6.86. The third-order valence-corrected chi connectivity index (χ3v) is 9.36. The van der Waals surface area contributed by atoms with Crippen molar-refractivity contribution in [2.75, 3.05) is 0 Å². The highest BCUT2D eigenvalue weighted by Crippen LogP contribution is 2.65. The first-order valence-electron chi connectivity index (χ1n) is 11.4. The number of hydrogen-bond donors (Lipinski definition) is 2. The van der Waals surface area contributed by atoms with E-state index in [1.807, 2.05) is 13.8 Å². The minimum absolute atomic E-state index is 0.000180. The molecular formula is C24H35N3O2. The van der Waals surface area contributed by atoms with E-state index in [0.717, 1.165) is 38.5 Å². The Morgan fingerprint density at radius 3 is 2.72 bits per heavy atom. The summed E-state index contributed by atoms with van der Waals surface area (Å²) in [6.45, 7) is 8.42. The Labute approximate surface area is 174 Å². The molecule has 5 heteroatoms. The summed E-state index contributed by atoms with van der Waals surface area (Å²) in [5, 5.41) is 15.8. The number of nitrogens with one attached hydrogen (secondary N) is 2. The van der Waals surface area contributed by atoms with Crippen molar-refractivity contribution in [3.8, 4) is 6.07 Å². The van der Waals surface area contributed by atoms with E-state index < -0.39 is 5.54 Å². The van der Waals surface area contributed by atoms with Crippen LogP contribution in [0.3, 0.4) is 0 Å². The van der Waals surface area contributed by atoms with Gasteiger partial charge in [-0.1, -0.05) is 26.8 Å². The van der Waals surface area contributed by atoms with Gasteiger partial charge in [-0.2, -0.15) is 5.26 Å². The summed E-state index contributed by atoms with van der Waals surface area (Å²) in [5.74, 6) is 1.85. The Bertz CT molecular complexity index is 785. The highest BCUT2D eigenvalue weighted by atomic mass is 16.2. The lowest BCUT2D eigenvalue weighted by molar-refractivity contribution is -0.135. The number of carbonyl (C=O) groups excluding carboxylic acids is 2. The molecule has 0 spiro atoms. The second-order valence-electron chi connectivity index (χ2n) is 10.7. The summed E-state index contributed by atoms with van der Waals surface area (Å²) < 4.78 is 0. The molecule has 0 bridgehead atoms. The first kappa shape index (κ1) is 20.4. The van der Waals surface area contributed by atoms with E-state index in [0.29, 0.717) is 24.2 Å². The fourth-order valence-electron chi connectivity index (χ4n) is 7.32. The Morgan fingerprint density at radius 2 is 2.03 bits per heavy atom. The van der Waals surface area contributed by atoms with Gasteiger partial charge < -0.3 is 10.6 Å². The largest absolute Gasteiger partial charge is 0.349 e. The van der Waals surface area contributed by atoms with Crippen LogP contribution in [-0.2, 0) is 9.59 Å². The summed E-state index contributed by atoms with van der Waals surface area (Å²) in [4.78, 5) is 25.1. The molecule has 0 saturated heterocycles. The van der Waals surface area contributed by atoms with Gasteiger partial charge in [0.2, 0.25) is 11.8 Å². The highest BCUT2D eigenvalue weighted by Gasteiger charge is 2.61. The lowest BCUT2D eigenvalue weighted by Gasteiger charge is -2.58. The van der Waals surface area contributed by atoms with Gasteiger partial charge >= 0.3 is 0 Å². The SMILES string of the molecule is CCC(C)(C#N)NC(=O)C1CC[C@H]2[C@@H]3CCC4NC(=O)C=C[C@]4(C)[C@@H]3CC[C@]12C. The average Bonchev–Trinajstić information content (AvgIpc) is 3.05. The van der Waals surface area contributed by atoms with E-state index >= 15 is 0 Å². The average molecular weight is 398 g/mol. The molecular weight excluding hydrogens is 362 g/mol. The van der Waals surface area contributed by atoms with Crippen LogP contribution in [0.2, 0.25) is 0 Å². The van der Waals surface area contributed by atoms with Crippen LogP contribution in [0.4, 0.5) is 0 Å². The fraction of sp³-hybridized carbons (Fsp3) is 0.792. The third kappa shape index (κ3) is 3.02. The maximum Gasteiger partial charge on any atom is 0.243 e. The van der Waals surface area contributed by atoms with Crippen molar-refractivity contribution in [2.24, 2.45) is 34.5 Å². The van der Waals surface area contributed by atoms with E-state index in [1.165, 1.54) is 0 Å². The third-order valence-electron chi connectivity index (χ3n) is 9.36. The fourth-order valence-corrected chi connectivity index (χ4v) is 7.32. The van der Waals surface area contributed by atoms with E-state index in [1.54, 1.807) is 6.08 Å². The Morgan fingerprint density at radius 1 is 1.28 bits per heavy atom. The van der Waals surface area contributed by atoms with Crippen molar-refractivity contribution < 1.29 is 9.59 Å². The predicted molar refractivity (Wildman–Crippen MR) is 111 cm³/mol. The zero-order chi connectivity index (χ0) is 21.0. The summed E-state index contributed by atoms with van der Waals surface area (Å²) in [6, 6.07) is 2.52. The lowest BCUT2D eigenvalue weighted by atomic mass is 9.48. The molecule has 1 heterocycles. The van der Waals surface area contributed by atoms with Gasteiger partial charge in [-0.25, -0.2) is 0 Å². The van der Waals surface area contributed by atoms with Crippen molar-refractivity contribution in [2.45, 2.75) is 84.2 Å². The number of rotatable bonds is 3. The lowest BCUT2D eigenvalue weighted by Crippen LogP contribution is -2.59. The number of carbonyl (C=O) groups is 2. The first-order chi connectivity index (χ1) is 13.7. The monoisotopic (exact) mass is 397 g/mol. The molecule has 3 aliphatic carbocycles. The van der Waals surface area contributed by atoms with E-state index in [2.05, 4.69) is 36.6 Å². The van der Waals surface area contributed by atoms with Crippen LogP contribution in [0.1, 0.15) is 72.6 Å². The van der Waals surface area contributed by atoms with E-state index in [-0.39, 0.29) is 34.6 Å². The van der Waals surface area contributed by atoms with Crippen LogP contribution in [0, 0.1) is 45.8 Å².